The van der Waals surface area contributed by atoms with Gasteiger partial charge in [-0.25, -0.2) is 0 Å². The third kappa shape index (κ3) is 4.60. The van der Waals surface area contributed by atoms with Gasteiger partial charge in [-0.3, -0.25) is 4.79 Å². The topological polar surface area (TPSA) is 55.1 Å². The maximum absolute atomic E-state index is 12.3. The fourth-order valence-electron chi connectivity index (χ4n) is 2.90. The van der Waals surface area contributed by atoms with Crippen LogP contribution in [0, 0.1) is 17.8 Å². The minimum atomic E-state index is 0.119. The number of hydrogen-bond acceptors (Lipinski definition) is 2. The molecule has 3 nitrogen and oxygen atoms in total. The van der Waals surface area contributed by atoms with E-state index in [0.717, 1.165) is 25.7 Å². The number of rotatable bonds is 5. The van der Waals surface area contributed by atoms with Gasteiger partial charge in [0.25, 0.3) is 0 Å². The third-order valence-electron chi connectivity index (χ3n) is 4.41. The van der Waals surface area contributed by atoms with Crippen LogP contribution in [0.25, 0.3) is 0 Å². The highest BCUT2D eigenvalue weighted by Crippen LogP contribution is 2.29. The van der Waals surface area contributed by atoms with Gasteiger partial charge < -0.3 is 11.1 Å². The summed E-state index contributed by atoms with van der Waals surface area (Å²) >= 11 is 0. The van der Waals surface area contributed by atoms with E-state index < -0.39 is 0 Å². The normalized spacial score (nSPS) is 31.7. The van der Waals surface area contributed by atoms with Gasteiger partial charge in [-0.1, -0.05) is 27.2 Å². The smallest absolute Gasteiger partial charge is 0.223 e. The van der Waals surface area contributed by atoms with Crippen LogP contribution in [0.4, 0.5) is 0 Å². The van der Waals surface area contributed by atoms with Crippen LogP contribution in [-0.2, 0) is 4.79 Å². The summed E-state index contributed by atoms with van der Waals surface area (Å²) in [5, 5.41) is 3.17. The Morgan fingerprint density at radius 2 is 2.06 bits per heavy atom. The van der Waals surface area contributed by atoms with Gasteiger partial charge >= 0.3 is 0 Å². The Balaban J connectivity index is 2.43. The quantitative estimate of drug-likeness (QED) is 0.792. The first-order valence-corrected chi connectivity index (χ1v) is 7.50. The van der Waals surface area contributed by atoms with Crippen LogP contribution in [0.1, 0.15) is 59.8 Å². The standard InChI is InChI=1S/C15H30N2O/c1-5-10(2)8-12(4)17-15(18)14-9-13(16)7-6-11(14)3/h10-14H,5-9,16H2,1-4H3,(H,17,18). The minimum absolute atomic E-state index is 0.119. The largest absolute Gasteiger partial charge is 0.353 e. The maximum Gasteiger partial charge on any atom is 0.223 e. The molecule has 0 aliphatic heterocycles. The van der Waals surface area contributed by atoms with Gasteiger partial charge in [0.15, 0.2) is 0 Å². The number of carbonyl (C=O) groups is 1. The Bertz CT molecular complexity index is 267. The van der Waals surface area contributed by atoms with E-state index in [4.69, 9.17) is 5.73 Å². The highest BCUT2D eigenvalue weighted by atomic mass is 16.1. The van der Waals surface area contributed by atoms with Crippen LogP contribution in [0.3, 0.4) is 0 Å². The summed E-state index contributed by atoms with van der Waals surface area (Å²) in [6, 6.07) is 0.486. The first-order chi connectivity index (χ1) is 8.43. The van der Waals surface area contributed by atoms with E-state index in [0.29, 0.717) is 11.8 Å². The molecule has 3 heteroatoms. The molecule has 0 heterocycles. The summed E-state index contributed by atoms with van der Waals surface area (Å²) in [5.74, 6) is 1.48. The lowest BCUT2D eigenvalue weighted by atomic mass is 9.77. The maximum atomic E-state index is 12.3. The Morgan fingerprint density at radius 1 is 1.39 bits per heavy atom. The molecule has 0 spiro atoms. The second kappa shape index (κ2) is 7.13. The summed E-state index contributed by atoms with van der Waals surface area (Å²) in [6.45, 7) is 8.72. The van der Waals surface area contributed by atoms with Crippen LogP contribution in [0.15, 0.2) is 0 Å². The van der Waals surface area contributed by atoms with E-state index in [9.17, 15) is 4.79 Å². The molecule has 0 saturated heterocycles. The molecule has 0 radical (unpaired) electrons. The van der Waals surface area contributed by atoms with Crippen LogP contribution in [0.5, 0.6) is 0 Å². The number of nitrogens with two attached hydrogens (primary N) is 1. The van der Waals surface area contributed by atoms with E-state index in [-0.39, 0.29) is 23.9 Å². The molecule has 0 bridgehead atoms. The van der Waals surface area contributed by atoms with Crippen LogP contribution in [-0.4, -0.2) is 18.0 Å². The molecule has 5 unspecified atom stereocenters. The Hall–Kier alpha value is -0.570. The molecular weight excluding hydrogens is 224 g/mol. The Morgan fingerprint density at radius 3 is 2.67 bits per heavy atom. The highest BCUT2D eigenvalue weighted by molar-refractivity contribution is 5.79. The summed E-state index contributed by atoms with van der Waals surface area (Å²) < 4.78 is 0. The second-order valence-corrected chi connectivity index (χ2v) is 6.32. The molecule has 3 N–H and O–H groups in total. The van der Waals surface area contributed by atoms with E-state index in [2.05, 4.69) is 33.0 Å². The summed E-state index contributed by atoms with van der Waals surface area (Å²) in [7, 11) is 0. The molecule has 0 aromatic carbocycles. The fourth-order valence-corrected chi connectivity index (χ4v) is 2.90. The van der Waals surface area contributed by atoms with Crippen molar-refractivity contribution < 1.29 is 4.79 Å². The SMILES string of the molecule is CCC(C)CC(C)NC(=O)C1CC(N)CCC1C. The molecule has 1 saturated carbocycles. The van der Waals surface area contributed by atoms with Crippen molar-refractivity contribution in [2.45, 2.75) is 71.9 Å². The van der Waals surface area contributed by atoms with Crippen molar-refractivity contribution in [3.8, 4) is 0 Å². The van der Waals surface area contributed by atoms with Crippen molar-refractivity contribution in [3.63, 3.8) is 0 Å². The van der Waals surface area contributed by atoms with Gasteiger partial charge in [-0.2, -0.15) is 0 Å². The fraction of sp³-hybridized carbons (Fsp3) is 0.933. The average Bonchev–Trinajstić information content (AvgIpc) is 2.31. The Labute approximate surface area is 112 Å². The monoisotopic (exact) mass is 254 g/mol. The highest BCUT2D eigenvalue weighted by Gasteiger charge is 2.31. The summed E-state index contributed by atoms with van der Waals surface area (Å²) in [5.41, 5.74) is 5.98. The van der Waals surface area contributed by atoms with Crippen LogP contribution < -0.4 is 11.1 Å². The van der Waals surface area contributed by atoms with E-state index in [1.54, 1.807) is 0 Å². The number of carbonyl (C=O) groups excluding carboxylic acids is 1. The predicted molar refractivity (Wildman–Crippen MR) is 76.2 cm³/mol. The summed E-state index contributed by atoms with van der Waals surface area (Å²) in [4.78, 5) is 12.3. The lowest BCUT2D eigenvalue weighted by molar-refractivity contribution is -0.128. The molecule has 18 heavy (non-hydrogen) atoms. The zero-order chi connectivity index (χ0) is 13.7. The molecule has 1 aliphatic carbocycles. The molecule has 1 rings (SSSR count). The van der Waals surface area contributed by atoms with Crippen molar-refractivity contribution in [3.05, 3.63) is 0 Å². The summed E-state index contributed by atoms with van der Waals surface area (Å²) in [6.07, 6.45) is 5.23. The minimum Gasteiger partial charge on any atom is -0.353 e. The van der Waals surface area contributed by atoms with E-state index in [1.807, 2.05) is 0 Å². The molecule has 0 aromatic heterocycles. The molecule has 5 atom stereocenters. The average molecular weight is 254 g/mol. The van der Waals surface area contributed by atoms with Crippen LogP contribution >= 0.6 is 0 Å². The van der Waals surface area contributed by atoms with Gasteiger partial charge in [0.1, 0.15) is 0 Å². The zero-order valence-corrected chi connectivity index (χ0v) is 12.4. The van der Waals surface area contributed by atoms with Crippen molar-refractivity contribution in [2.24, 2.45) is 23.5 Å². The van der Waals surface area contributed by atoms with E-state index in [1.165, 1.54) is 6.42 Å². The molecule has 1 amide bonds. The molecule has 0 aromatic rings. The van der Waals surface area contributed by atoms with Crippen molar-refractivity contribution in [1.82, 2.24) is 5.32 Å². The van der Waals surface area contributed by atoms with Crippen LogP contribution in [0.2, 0.25) is 0 Å². The lowest BCUT2D eigenvalue weighted by Crippen LogP contribution is -2.44. The number of nitrogens with one attached hydrogen (secondary N) is 1. The number of amides is 1. The molecular formula is C15H30N2O. The van der Waals surface area contributed by atoms with Crippen molar-refractivity contribution in [2.75, 3.05) is 0 Å². The van der Waals surface area contributed by atoms with Crippen molar-refractivity contribution in [1.29, 1.82) is 0 Å². The Kier molecular flexibility index (Phi) is 6.13. The second-order valence-electron chi connectivity index (χ2n) is 6.32. The molecule has 1 fully saturated rings. The third-order valence-corrected chi connectivity index (χ3v) is 4.41. The van der Waals surface area contributed by atoms with E-state index >= 15 is 0 Å². The lowest BCUT2D eigenvalue weighted by Gasteiger charge is -2.32. The van der Waals surface area contributed by atoms with Gasteiger partial charge in [0.05, 0.1) is 0 Å². The predicted octanol–water partition coefficient (Wildman–Crippen LogP) is 2.69. The first-order valence-electron chi connectivity index (χ1n) is 7.50. The molecule has 1 aliphatic rings. The number of hydrogen-bond donors (Lipinski definition) is 2. The van der Waals surface area contributed by atoms with Gasteiger partial charge in [-0.15, -0.1) is 0 Å². The van der Waals surface area contributed by atoms with Gasteiger partial charge in [0.2, 0.25) is 5.91 Å². The molecule has 106 valence electrons. The zero-order valence-electron chi connectivity index (χ0n) is 12.4. The van der Waals surface area contributed by atoms with Gasteiger partial charge in [0, 0.05) is 18.0 Å². The first kappa shape index (κ1) is 15.5. The van der Waals surface area contributed by atoms with Crippen molar-refractivity contribution >= 4 is 5.91 Å². The van der Waals surface area contributed by atoms with Gasteiger partial charge in [-0.05, 0) is 44.4 Å².